The average molecular weight is 327 g/mol. The number of hydrogen-bond donors (Lipinski definition) is 1. The van der Waals surface area contributed by atoms with Crippen molar-refractivity contribution in [3.8, 4) is 5.75 Å². The third kappa shape index (κ3) is 3.80. The van der Waals surface area contributed by atoms with Gasteiger partial charge in [-0.25, -0.2) is 13.1 Å². The second-order valence-corrected chi connectivity index (χ2v) is 7.78. The Morgan fingerprint density at radius 1 is 1.36 bits per heavy atom. The van der Waals surface area contributed by atoms with Crippen LogP contribution in [0, 0.1) is 6.92 Å². The molecule has 6 heteroatoms. The molecule has 0 amide bonds. The fraction of sp³-hybridized carbons (Fsp3) is 0.625. The fourth-order valence-corrected chi connectivity index (χ4v) is 4.48. The number of aryl methyl sites for hydroxylation is 1. The Bertz CT molecular complexity index is 609. The topological polar surface area (TPSA) is 64.6 Å². The minimum atomic E-state index is -3.31. The summed E-state index contributed by atoms with van der Waals surface area (Å²) >= 11 is 0. The summed E-state index contributed by atoms with van der Waals surface area (Å²) in [5.74, 6) is 0.803. The Balaban J connectivity index is 1.99. The zero-order chi connectivity index (χ0) is 16.3. The normalized spacial score (nSPS) is 22.9. The monoisotopic (exact) mass is 327 g/mol. The third-order valence-corrected chi connectivity index (χ3v) is 6.10. The van der Waals surface area contributed by atoms with Gasteiger partial charge in [-0.15, -0.1) is 0 Å². The first kappa shape index (κ1) is 17.2. The molecule has 22 heavy (non-hydrogen) atoms. The smallest absolute Gasteiger partial charge is 0.215 e. The lowest BCUT2D eigenvalue weighted by molar-refractivity contribution is 0.0119. The van der Waals surface area contributed by atoms with E-state index in [4.69, 9.17) is 9.47 Å². The van der Waals surface area contributed by atoms with Gasteiger partial charge in [-0.3, -0.25) is 0 Å². The van der Waals surface area contributed by atoms with Crippen LogP contribution in [0.25, 0.3) is 0 Å². The van der Waals surface area contributed by atoms with E-state index in [1.54, 1.807) is 7.11 Å². The second-order valence-electron chi connectivity index (χ2n) is 5.78. The van der Waals surface area contributed by atoms with Gasteiger partial charge >= 0.3 is 0 Å². The van der Waals surface area contributed by atoms with Crippen molar-refractivity contribution < 1.29 is 17.9 Å². The first-order chi connectivity index (χ1) is 10.4. The molecule has 1 saturated carbocycles. The predicted molar refractivity (Wildman–Crippen MR) is 86.6 cm³/mol. The first-order valence-corrected chi connectivity index (χ1v) is 9.19. The zero-order valence-electron chi connectivity index (χ0n) is 13.6. The molecule has 1 aromatic carbocycles. The van der Waals surface area contributed by atoms with Crippen molar-refractivity contribution in [1.82, 2.24) is 4.72 Å². The summed E-state index contributed by atoms with van der Waals surface area (Å²) in [6.45, 7) is 6.36. The van der Waals surface area contributed by atoms with Crippen LogP contribution in [0.4, 0.5) is 0 Å². The van der Waals surface area contributed by atoms with Crippen molar-refractivity contribution in [2.24, 2.45) is 0 Å². The van der Waals surface area contributed by atoms with Crippen molar-refractivity contribution in [2.75, 3.05) is 13.7 Å². The molecule has 0 spiro atoms. The molecule has 124 valence electrons. The van der Waals surface area contributed by atoms with E-state index in [1.807, 2.05) is 39.0 Å². The van der Waals surface area contributed by atoms with Crippen LogP contribution >= 0.6 is 0 Å². The molecular formula is C16H25NO4S. The van der Waals surface area contributed by atoms with E-state index in [2.05, 4.69) is 4.72 Å². The van der Waals surface area contributed by atoms with Gasteiger partial charge < -0.3 is 9.47 Å². The van der Waals surface area contributed by atoms with Crippen LogP contribution < -0.4 is 9.46 Å². The van der Waals surface area contributed by atoms with Gasteiger partial charge in [-0.1, -0.05) is 12.1 Å². The van der Waals surface area contributed by atoms with Crippen LogP contribution in [0.3, 0.4) is 0 Å². The van der Waals surface area contributed by atoms with Crippen molar-refractivity contribution in [3.63, 3.8) is 0 Å². The Kier molecular flexibility index (Phi) is 5.47. The van der Waals surface area contributed by atoms with Crippen LogP contribution in [0.15, 0.2) is 18.2 Å². The van der Waals surface area contributed by atoms with Gasteiger partial charge in [0.05, 0.1) is 18.5 Å². The molecule has 0 heterocycles. The molecule has 1 fully saturated rings. The van der Waals surface area contributed by atoms with Crippen LogP contribution in [-0.2, 0) is 14.8 Å². The van der Waals surface area contributed by atoms with E-state index in [9.17, 15) is 8.42 Å². The lowest BCUT2D eigenvalue weighted by Crippen LogP contribution is -2.46. The summed E-state index contributed by atoms with van der Waals surface area (Å²) in [5, 5.41) is -0.342. The van der Waals surface area contributed by atoms with Crippen LogP contribution in [0.2, 0.25) is 0 Å². The highest BCUT2D eigenvalue weighted by Crippen LogP contribution is 2.30. The molecule has 1 aliphatic rings. The molecule has 0 saturated heterocycles. The molecule has 2 rings (SSSR count). The van der Waals surface area contributed by atoms with Gasteiger partial charge in [0.25, 0.3) is 0 Å². The Labute approximate surface area is 133 Å². The Morgan fingerprint density at radius 2 is 2.05 bits per heavy atom. The standard InChI is InChI=1S/C16H25NO4S/c1-5-21-14-9-15(10-14)22(18,19)17-12(3)13-6-7-16(20-4)11(2)8-13/h6-8,12,14-15,17H,5,9-10H2,1-4H3/t12-,14?,15?/m1/s1. The molecule has 0 radical (unpaired) electrons. The molecule has 1 N–H and O–H groups in total. The summed E-state index contributed by atoms with van der Waals surface area (Å²) < 4.78 is 38.2. The van der Waals surface area contributed by atoms with Crippen LogP contribution in [-0.4, -0.2) is 33.5 Å². The minimum absolute atomic E-state index is 0.0881. The van der Waals surface area contributed by atoms with Gasteiger partial charge in [-0.05, 0) is 50.8 Å². The molecule has 1 aromatic rings. The van der Waals surface area contributed by atoms with Gasteiger partial charge in [0.15, 0.2) is 0 Å². The number of benzene rings is 1. The van der Waals surface area contributed by atoms with E-state index in [-0.39, 0.29) is 17.4 Å². The number of methoxy groups -OCH3 is 1. The van der Waals surface area contributed by atoms with Gasteiger partial charge in [-0.2, -0.15) is 0 Å². The third-order valence-electron chi connectivity index (χ3n) is 4.15. The number of rotatable bonds is 7. The SMILES string of the molecule is CCOC1CC(S(=O)(=O)N[C@H](C)c2ccc(OC)c(C)c2)C1. The number of ether oxygens (including phenoxy) is 2. The number of nitrogens with one attached hydrogen (secondary N) is 1. The molecule has 5 nitrogen and oxygen atoms in total. The fourth-order valence-electron chi connectivity index (χ4n) is 2.72. The molecule has 0 bridgehead atoms. The van der Waals surface area contributed by atoms with E-state index in [0.717, 1.165) is 16.9 Å². The van der Waals surface area contributed by atoms with Crippen LogP contribution in [0.5, 0.6) is 5.75 Å². The van der Waals surface area contributed by atoms with E-state index >= 15 is 0 Å². The van der Waals surface area contributed by atoms with Crippen molar-refractivity contribution >= 4 is 10.0 Å². The van der Waals surface area contributed by atoms with Crippen molar-refractivity contribution in [3.05, 3.63) is 29.3 Å². The Morgan fingerprint density at radius 3 is 2.59 bits per heavy atom. The molecular weight excluding hydrogens is 302 g/mol. The van der Waals surface area contributed by atoms with E-state index in [1.165, 1.54) is 0 Å². The molecule has 0 aliphatic heterocycles. The summed E-state index contributed by atoms with van der Waals surface area (Å²) in [5.41, 5.74) is 1.92. The summed E-state index contributed by atoms with van der Waals surface area (Å²) in [6, 6.07) is 5.45. The lowest BCUT2D eigenvalue weighted by atomic mass is 9.95. The molecule has 0 unspecified atom stereocenters. The van der Waals surface area contributed by atoms with E-state index in [0.29, 0.717) is 19.4 Å². The number of hydrogen-bond acceptors (Lipinski definition) is 4. The first-order valence-electron chi connectivity index (χ1n) is 7.64. The Hall–Kier alpha value is -1.11. The maximum atomic E-state index is 12.4. The number of sulfonamides is 1. The van der Waals surface area contributed by atoms with Crippen LogP contribution in [0.1, 0.15) is 43.9 Å². The highest BCUT2D eigenvalue weighted by atomic mass is 32.2. The van der Waals surface area contributed by atoms with Crippen molar-refractivity contribution in [1.29, 1.82) is 0 Å². The molecule has 1 atom stereocenters. The molecule has 1 aliphatic carbocycles. The maximum absolute atomic E-state index is 12.4. The maximum Gasteiger partial charge on any atom is 0.215 e. The quantitative estimate of drug-likeness (QED) is 0.836. The minimum Gasteiger partial charge on any atom is -0.496 e. The highest BCUT2D eigenvalue weighted by molar-refractivity contribution is 7.90. The summed E-state index contributed by atoms with van der Waals surface area (Å²) in [4.78, 5) is 0. The highest BCUT2D eigenvalue weighted by Gasteiger charge is 2.39. The van der Waals surface area contributed by atoms with E-state index < -0.39 is 10.0 Å². The average Bonchev–Trinajstić information content (AvgIpc) is 2.41. The zero-order valence-corrected chi connectivity index (χ0v) is 14.4. The van der Waals surface area contributed by atoms with Gasteiger partial charge in [0, 0.05) is 12.6 Å². The summed E-state index contributed by atoms with van der Waals surface area (Å²) in [7, 11) is -1.69. The lowest BCUT2D eigenvalue weighted by Gasteiger charge is -2.35. The summed E-state index contributed by atoms with van der Waals surface area (Å²) in [6.07, 6.45) is 1.25. The predicted octanol–water partition coefficient (Wildman–Crippen LogP) is 2.55. The van der Waals surface area contributed by atoms with Gasteiger partial charge in [0.1, 0.15) is 5.75 Å². The second kappa shape index (κ2) is 6.98. The van der Waals surface area contributed by atoms with Gasteiger partial charge in [0.2, 0.25) is 10.0 Å². The largest absolute Gasteiger partial charge is 0.496 e. The molecule has 0 aromatic heterocycles. The van der Waals surface area contributed by atoms with Crippen molar-refractivity contribution in [2.45, 2.75) is 51.0 Å².